The van der Waals surface area contributed by atoms with Crippen LogP contribution < -0.4 is 5.32 Å². The van der Waals surface area contributed by atoms with Crippen molar-refractivity contribution in [3.63, 3.8) is 0 Å². The number of imide groups is 1. The summed E-state index contributed by atoms with van der Waals surface area (Å²) in [6, 6.07) is 8.08. The number of thioether (sulfide) groups is 1. The van der Waals surface area contributed by atoms with Gasteiger partial charge in [0.25, 0.3) is 11.1 Å². The summed E-state index contributed by atoms with van der Waals surface area (Å²) in [7, 11) is 0. The van der Waals surface area contributed by atoms with Crippen LogP contribution in [0.25, 0.3) is 17.0 Å². The third kappa shape index (κ3) is 3.58. The Balaban J connectivity index is 1.61. The minimum absolute atomic E-state index is 0.00510. The second kappa shape index (κ2) is 7.83. The van der Waals surface area contributed by atoms with E-state index in [-0.39, 0.29) is 29.6 Å². The van der Waals surface area contributed by atoms with Gasteiger partial charge >= 0.3 is 0 Å². The normalized spacial score (nSPS) is 19.3. The number of fused-ring (bicyclic) bond motifs is 1. The van der Waals surface area contributed by atoms with Crippen LogP contribution in [0.2, 0.25) is 0 Å². The zero-order valence-corrected chi connectivity index (χ0v) is 16.6. The molecule has 2 heterocycles. The number of rotatable bonds is 5. The number of carbonyl (C=O) groups excluding carboxylic acids is 3. The molecule has 0 atom stereocenters. The molecule has 2 aromatic rings. The van der Waals surface area contributed by atoms with E-state index in [2.05, 4.69) is 5.32 Å². The van der Waals surface area contributed by atoms with Crippen molar-refractivity contribution in [2.45, 2.75) is 45.2 Å². The number of nitrogens with zero attached hydrogens (tertiary/aromatic N) is 2. The van der Waals surface area contributed by atoms with Crippen molar-refractivity contribution < 1.29 is 14.4 Å². The molecule has 146 valence electrons. The van der Waals surface area contributed by atoms with E-state index >= 15 is 0 Å². The van der Waals surface area contributed by atoms with Crippen LogP contribution in [0, 0.1) is 0 Å². The lowest BCUT2D eigenvalue weighted by atomic mass is 10.1. The van der Waals surface area contributed by atoms with Crippen LogP contribution in [-0.4, -0.2) is 39.1 Å². The van der Waals surface area contributed by atoms with Crippen molar-refractivity contribution in [1.29, 1.82) is 0 Å². The van der Waals surface area contributed by atoms with Gasteiger partial charge in [-0.25, -0.2) is 0 Å². The fraction of sp³-hybridized carbons (Fsp3) is 0.381. The summed E-state index contributed by atoms with van der Waals surface area (Å²) in [5.74, 6) is -0.251. The molecule has 3 amide bonds. The summed E-state index contributed by atoms with van der Waals surface area (Å²) in [6.45, 7) is 2.39. The number of amides is 3. The zero-order chi connectivity index (χ0) is 19.7. The fourth-order valence-electron chi connectivity index (χ4n) is 3.93. The first-order chi connectivity index (χ1) is 13.6. The minimum atomic E-state index is -0.256. The molecule has 28 heavy (non-hydrogen) atoms. The van der Waals surface area contributed by atoms with E-state index in [0.29, 0.717) is 11.4 Å². The molecular weight excluding hydrogens is 374 g/mol. The standard InChI is InChI=1S/C21H23N3O3S/c1-2-24-20(26)18(28-21(24)27)11-14-12-23(17-10-6-5-9-16(14)17)13-19(25)22-15-7-3-4-8-15/h5-6,9-12,15H,2-4,7-8,13H2,1H3,(H,22,25)/b18-11-. The molecule has 0 spiro atoms. The first kappa shape index (κ1) is 18.8. The Morgan fingerprint density at radius 2 is 2.00 bits per heavy atom. The van der Waals surface area contributed by atoms with E-state index in [1.807, 2.05) is 35.0 Å². The van der Waals surface area contributed by atoms with Gasteiger partial charge in [-0.05, 0) is 43.7 Å². The van der Waals surface area contributed by atoms with Gasteiger partial charge in [0.1, 0.15) is 6.54 Å². The van der Waals surface area contributed by atoms with Gasteiger partial charge in [0.2, 0.25) is 5.91 Å². The van der Waals surface area contributed by atoms with Crippen molar-refractivity contribution in [3.05, 3.63) is 40.9 Å². The molecule has 2 fully saturated rings. The SMILES string of the molecule is CCN1C(=O)S/C(=C\c2cn(CC(=O)NC3CCCC3)c3ccccc23)C1=O. The van der Waals surface area contributed by atoms with Crippen LogP contribution in [0.15, 0.2) is 35.4 Å². The van der Waals surface area contributed by atoms with E-state index in [0.717, 1.165) is 41.1 Å². The first-order valence-electron chi connectivity index (χ1n) is 9.69. The first-order valence-corrected chi connectivity index (χ1v) is 10.5. The zero-order valence-electron chi connectivity index (χ0n) is 15.8. The van der Waals surface area contributed by atoms with E-state index < -0.39 is 0 Å². The number of para-hydroxylation sites is 1. The van der Waals surface area contributed by atoms with E-state index in [1.54, 1.807) is 13.0 Å². The van der Waals surface area contributed by atoms with E-state index in [1.165, 1.54) is 17.7 Å². The highest BCUT2D eigenvalue weighted by molar-refractivity contribution is 8.18. The predicted octanol–water partition coefficient (Wildman–Crippen LogP) is 3.76. The van der Waals surface area contributed by atoms with Crippen LogP contribution in [0.5, 0.6) is 0 Å². The predicted molar refractivity (Wildman–Crippen MR) is 111 cm³/mol. The quantitative estimate of drug-likeness (QED) is 0.780. The lowest BCUT2D eigenvalue weighted by Gasteiger charge is -2.12. The van der Waals surface area contributed by atoms with Crippen LogP contribution in [0.1, 0.15) is 38.2 Å². The Morgan fingerprint density at radius 1 is 1.25 bits per heavy atom. The minimum Gasteiger partial charge on any atom is -0.352 e. The molecule has 1 aliphatic heterocycles. The molecule has 7 heteroatoms. The number of nitrogens with one attached hydrogen (secondary N) is 1. The Bertz CT molecular complexity index is 972. The molecule has 1 aliphatic carbocycles. The van der Waals surface area contributed by atoms with Gasteiger partial charge in [0.15, 0.2) is 0 Å². The van der Waals surface area contributed by atoms with Crippen molar-refractivity contribution in [2.75, 3.05) is 6.54 Å². The maximum absolute atomic E-state index is 12.5. The third-order valence-corrected chi connectivity index (χ3v) is 6.24. The summed E-state index contributed by atoms with van der Waals surface area (Å²) in [4.78, 5) is 38.5. The molecule has 1 saturated carbocycles. The maximum atomic E-state index is 12.5. The fourth-order valence-corrected chi connectivity index (χ4v) is 4.83. The Morgan fingerprint density at radius 3 is 2.71 bits per heavy atom. The largest absolute Gasteiger partial charge is 0.352 e. The van der Waals surface area contributed by atoms with E-state index in [4.69, 9.17) is 0 Å². The molecule has 1 aromatic heterocycles. The topological polar surface area (TPSA) is 71.4 Å². The summed E-state index contributed by atoms with van der Waals surface area (Å²) in [5, 5.41) is 3.84. The van der Waals surface area contributed by atoms with Gasteiger partial charge in [-0.15, -0.1) is 0 Å². The van der Waals surface area contributed by atoms with Gasteiger partial charge in [0, 0.05) is 35.2 Å². The number of benzene rings is 1. The highest BCUT2D eigenvalue weighted by atomic mass is 32.2. The monoisotopic (exact) mass is 397 g/mol. The van der Waals surface area contributed by atoms with Gasteiger partial charge in [0.05, 0.1) is 4.91 Å². The molecule has 1 saturated heterocycles. The van der Waals surface area contributed by atoms with Crippen molar-refractivity contribution in [3.8, 4) is 0 Å². The van der Waals surface area contributed by atoms with Crippen molar-refractivity contribution >= 4 is 45.8 Å². The van der Waals surface area contributed by atoms with Crippen LogP contribution in [0.4, 0.5) is 4.79 Å². The van der Waals surface area contributed by atoms with Gasteiger partial charge in [-0.1, -0.05) is 31.0 Å². The Kier molecular flexibility index (Phi) is 5.26. The number of hydrogen-bond acceptors (Lipinski definition) is 4. The summed E-state index contributed by atoms with van der Waals surface area (Å²) in [5.41, 5.74) is 1.77. The molecule has 1 aromatic carbocycles. The number of aromatic nitrogens is 1. The average molecular weight is 398 g/mol. The van der Waals surface area contributed by atoms with Crippen LogP contribution in [0.3, 0.4) is 0 Å². The second-order valence-corrected chi connectivity index (χ2v) is 8.20. The van der Waals surface area contributed by atoms with Crippen LogP contribution >= 0.6 is 11.8 Å². The molecule has 0 unspecified atom stereocenters. The molecule has 6 nitrogen and oxygen atoms in total. The number of likely N-dealkylation sites (N-methyl/N-ethyl adjacent to an activating group) is 1. The maximum Gasteiger partial charge on any atom is 0.293 e. The lowest BCUT2D eigenvalue weighted by Crippen LogP contribution is -2.35. The lowest BCUT2D eigenvalue weighted by molar-refractivity contribution is -0.123. The number of carbonyl (C=O) groups is 3. The van der Waals surface area contributed by atoms with Gasteiger partial charge in [-0.2, -0.15) is 0 Å². The van der Waals surface area contributed by atoms with Crippen LogP contribution in [-0.2, 0) is 16.1 Å². The molecule has 1 N–H and O–H groups in total. The molecule has 0 bridgehead atoms. The van der Waals surface area contributed by atoms with Gasteiger partial charge < -0.3 is 9.88 Å². The van der Waals surface area contributed by atoms with Crippen molar-refractivity contribution in [2.24, 2.45) is 0 Å². The van der Waals surface area contributed by atoms with E-state index in [9.17, 15) is 14.4 Å². The van der Waals surface area contributed by atoms with Gasteiger partial charge in [-0.3, -0.25) is 19.3 Å². The molecular formula is C21H23N3O3S. The summed E-state index contributed by atoms with van der Waals surface area (Å²) < 4.78 is 1.91. The van der Waals surface area contributed by atoms with Crippen molar-refractivity contribution in [1.82, 2.24) is 14.8 Å². The Labute approximate surface area is 167 Å². The third-order valence-electron chi connectivity index (χ3n) is 5.33. The average Bonchev–Trinajstić information content (AvgIpc) is 3.36. The Hall–Kier alpha value is -2.54. The second-order valence-electron chi connectivity index (χ2n) is 7.20. The molecule has 2 aliphatic rings. The highest BCUT2D eigenvalue weighted by Crippen LogP contribution is 2.34. The summed E-state index contributed by atoms with van der Waals surface area (Å²) in [6.07, 6.45) is 8.10. The number of hydrogen-bond donors (Lipinski definition) is 1. The molecule has 0 radical (unpaired) electrons. The smallest absolute Gasteiger partial charge is 0.293 e. The summed E-state index contributed by atoms with van der Waals surface area (Å²) >= 11 is 0.964. The highest BCUT2D eigenvalue weighted by Gasteiger charge is 2.33. The molecule has 4 rings (SSSR count).